The minimum absolute atomic E-state index is 0.409. The Kier molecular flexibility index (Phi) is 3.29. The number of ether oxygens (including phenoxy) is 1. The molecule has 0 aliphatic heterocycles. The van der Waals surface area contributed by atoms with Crippen molar-refractivity contribution < 1.29 is 4.74 Å². The fourth-order valence-corrected chi connectivity index (χ4v) is 1.89. The van der Waals surface area contributed by atoms with E-state index in [0.717, 1.165) is 27.9 Å². The van der Waals surface area contributed by atoms with Gasteiger partial charge in [0.05, 0.1) is 12.6 Å². The fraction of sp³-hybridized carbons (Fsp3) is 0.357. The molecule has 0 aliphatic carbocycles. The van der Waals surface area contributed by atoms with E-state index in [1.807, 2.05) is 18.2 Å². The fourth-order valence-electron chi connectivity index (χ4n) is 1.89. The molecule has 0 atom stereocenters. The predicted octanol–water partition coefficient (Wildman–Crippen LogP) is 2.83. The Morgan fingerprint density at radius 1 is 1.29 bits per heavy atom. The quantitative estimate of drug-likeness (QED) is 0.882. The second kappa shape index (κ2) is 4.72. The molecule has 0 saturated carbocycles. The maximum Gasteiger partial charge on any atom is 0.119 e. The van der Waals surface area contributed by atoms with Crippen molar-refractivity contribution in [3.63, 3.8) is 0 Å². The van der Waals surface area contributed by atoms with Crippen LogP contribution in [0.15, 0.2) is 24.3 Å². The molecule has 0 spiro atoms. The highest BCUT2D eigenvalue weighted by Crippen LogP contribution is 2.25. The number of nitrogens with zero attached hydrogens (tertiary/aromatic N) is 1. The van der Waals surface area contributed by atoms with Gasteiger partial charge in [0.25, 0.3) is 0 Å². The van der Waals surface area contributed by atoms with Crippen LogP contribution in [-0.2, 0) is 6.54 Å². The summed E-state index contributed by atoms with van der Waals surface area (Å²) in [5.41, 5.74) is 9.00. The molecular formula is C14H18N2O. The number of hydrogen-bond acceptors (Lipinski definition) is 3. The number of rotatable bonds is 3. The van der Waals surface area contributed by atoms with Gasteiger partial charge in [-0.05, 0) is 35.7 Å². The number of methoxy groups -OCH3 is 1. The summed E-state index contributed by atoms with van der Waals surface area (Å²) in [5, 5.41) is 1.08. The third kappa shape index (κ3) is 2.24. The van der Waals surface area contributed by atoms with Gasteiger partial charge < -0.3 is 10.5 Å². The van der Waals surface area contributed by atoms with Crippen LogP contribution in [0.5, 0.6) is 5.75 Å². The summed E-state index contributed by atoms with van der Waals surface area (Å²) in [6, 6.07) is 8.00. The number of nitrogens with two attached hydrogens (primary N) is 1. The molecule has 0 fully saturated rings. The molecule has 0 saturated heterocycles. The van der Waals surface area contributed by atoms with Crippen molar-refractivity contribution in [3.05, 3.63) is 35.5 Å². The van der Waals surface area contributed by atoms with Crippen molar-refractivity contribution >= 4 is 10.9 Å². The number of hydrogen-bond donors (Lipinski definition) is 1. The maximum atomic E-state index is 5.81. The molecule has 90 valence electrons. The van der Waals surface area contributed by atoms with Gasteiger partial charge in [-0.3, -0.25) is 4.98 Å². The lowest BCUT2D eigenvalue weighted by atomic mass is 10.0. The first-order chi connectivity index (χ1) is 8.15. The van der Waals surface area contributed by atoms with E-state index in [1.165, 1.54) is 0 Å². The number of pyridine rings is 1. The van der Waals surface area contributed by atoms with E-state index in [9.17, 15) is 0 Å². The van der Waals surface area contributed by atoms with Crippen LogP contribution in [0.2, 0.25) is 0 Å². The summed E-state index contributed by atoms with van der Waals surface area (Å²) < 4.78 is 5.23. The normalized spacial score (nSPS) is 11.1. The molecule has 17 heavy (non-hydrogen) atoms. The second-order valence-corrected chi connectivity index (χ2v) is 4.45. The standard InChI is InChI=1S/C14H18N2O/c1-9(2)14-6-10(8-15)12-7-11(17-3)4-5-13(12)16-14/h4-7,9H,8,15H2,1-3H3. The van der Waals surface area contributed by atoms with Crippen LogP contribution >= 0.6 is 0 Å². The molecule has 0 radical (unpaired) electrons. The average molecular weight is 230 g/mol. The van der Waals surface area contributed by atoms with Gasteiger partial charge in [0, 0.05) is 17.6 Å². The molecule has 0 bridgehead atoms. The molecule has 2 N–H and O–H groups in total. The molecule has 0 amide bonds. The predicted molar refractivity (Wildman–Crippen MR) is 70.3 cm³/mol. The van der Waals surface area contributed by atoms with Gasteiger partial charge in [0.15, 0.2) is 0 Å². The van der Waals surface area contributed by atoms with Crippen LogP contribution in [-0.4, -0.2) is 12.1 Å². The van der Waals surface area contributed by atoms with Crippen LogP contribution in [0.4, 0.5) is 0 Å². The van der Waals surface area contributed by atoms with Crippen LogP contribution in [0, 0.1) is 0 Å². The van der Waals surface area contributed by atoms with Gasteiger partial charge in [-0.15, -0.1) is 0 Å². The monoisotopic (exact) mass is 230 g/mol. The van der Waals surface area contributed by atoms with Gasteiger partial charge in [-0.25, -0.2) is 0 Å². The Morgan fingerprint density at radius 3 is 2.65 bits per heavy atom. The number of fused-ring (bicyclic) bond motifs is 1. The summed E-state index contributed by atoms with van der Waals surface area (Å²) >= 11 is 0. The highest BCUT2D eigenvalue weighted by atomic mass is 16.5. The molecular weight excluding hydrogens is 212 g/mol. The van der Waals surface area contributed by atoms with Crippen molar-refractivity contribution in [1.82, 2.24) is 4.98 Å². The van der Waals surface area contributed by atoms with Gasteiger partial charge in [-0.1, -0.05) is 13.8 Å². The van der Waals surface area contributed by atoms with Gasteiger partial charge in [0.2, 0.25) is 0 Å². The molecule has 3 nitrogen and oxygen atoms in total. The van der Waals surface area contributed by atoms with E-state index in [-0.39, 0.29) is 0 Å². The Bertz CT molecular complexity index is 535. The molecule has 2 rings (SSSR count). The van der Waals surface area contributed by atoms with E-state index in [1.54, 1.807) is 7.11 Å². The highest BCUT2D eigenvalue weighted by Gasteiger charge is 2.08. The van der Waals surface area contributed by atoms with Gasteiger partial charge in [0.1, 0.15) is 5.75 Å². The van der Waals surface area contributed by atoms with E-state index in [0.29, 0.717) is 12.5 Å². The number of aromatic nitrogens is 1. The minimum Gasteiger partial charge on any atom is -0.497 e. The van der Waals surface area contributed by atoms with Crippen molar-refractivity contribution in [2.24, 2.45) is 5.73 Å². The lowest BCUT2D eigenvalue weighted by Crippen LogP contribution is -2.02. The van der Waals surface area contributed by atoms with Gasteiger partial charge >= 0.3 is 0 Å². The summed E-state index contributed by atoms with van der Waals surface area (Å²) in [6.45, 7) is 4.79. The smallest absolute Gasteiger partial charge is 0.119 e. The van der Waals surface area contributed by atoms with Crippen LogP contribution in [0.1, 0.15) is 31.0 Å². The zero-order valence-corrected chi connectivity index (χ0v) is 10.5. The molecule has 1 aromatic heterocycles. The van der Waals surface area contributed by atoms with Crippen molar-refractivity contribution in [3.8, 4) is 5.75 Å². The third-order valence-electron chi connectivity index (χ3n) is 2.93. The Balaban J connectivity index is 2.68. The van der Waals surface area contributed by atoms with Crippen LogP contribution in [0.3, 0.4) is 0 Å². The largest absolute Gasteiger partial charge is 0.497 e. The summed E-state index contributed by atoms with van der Waals surface area (Å²) in [4.78, 5) is 4.65. The van der Waals surface area contributed by atoms with Crippen molar-refractivity contribution in [2.75, 3.05) is 7.11 Å². The summed E-state index contributed by atoms with van der Waals surface area (Å²) in [7, 11) is 1.67. The topological polar surface area (TPSA) is 48.1 Å². The summed E-state index contributed by atoms with van der Waals surface area (Å²) in [5.74, 6) is 1.25. The van der Waals surface area contributed by atoms with Crippen LogP contribution < -0.4 is 10.5 Å². The zero-order chi connectivity index (χ0) is 12.4. The molecule has 3 heteroatoms. The molecule has 0 aliphatic rings. The molecule has 2 aromatic rings. The molecule has 1 heterocycles. The molecule has 1 aromatic carbocycles. The average Bonchev–Trinajstić information content (AvgIpc) is 2.36. The first-order valence-electron chi connectivity index (χ1n) is 5.83. The SMILES string of the molecule is COc1ccc2nc(C(C)C)cc(CN)c2c1. The van der Waals surface area contributed by atoms with E-state index in [4.69, 9.17) is 10.5 Å². The Labute approximate surface area is 102 Å². The highest BCUT2D eigenvalue weighted by molar-refractivity contribution is 5.84. The van der Waals surface area contributed by atoms with E-state index >= 15 is 0 Å². The van der Waals surface area contributed by atoms with E-state index in [2.05, 4.69) is 24.9 Å². The Hall–Kier alpha value is -1.61. The van der Waals surface area contributed by atoms with Crippen molar-refractivity contribution in [2.45, 2.75) is 26.3 Å². The first kappa shape index (κ1) is 11.9. The number of benzene rings is 1. The molecule has 0 unspecified atom stereocenters. The Morgan fingerprint density at radius 2 is 2.06 bits per heavy atom. The lowest BCUT2D eigenvalue weighted by molar-refractivity contribution is 0.415. The minimum atomic E-state index is 0.409. The third-order valence-corrected chi connectivity index (χ3v) is 2.93. The lowest BCUT2D eigenvalue weighted by Gasteiger charge is -2.11. The van der Waals surface area contributed by atoms with Crippen molar-refractivity contribution in [1.29, 1.82) is 0 Å². The second-order valence-electron chi connectivity index (χ2n) is 4.45. The van der Waals surface area contributed by atoms with Crippen LogP contribution in [0.25, 0.3) is 10.9 Å². The summed E-state index contributed by atoms with van der Waals surface area (Å²) in [6.07, 6.45) is 0. The van der Waals surface area contributed by atoms with Gasteiger partial charge in [-0.2, -0.15) is 0 Å². The zero-order valence-electron chi connectivity index (χ0n) is 10.5. The maximum absolute atomic E-state index is 5.81. The first-order valence-corrected chi connectivity index (χ1v) is 5.83. The van der Waals surface area contributed by atoms with E-state index < -0.39 is 0 Å².